The molecule has 0 N–H and O–H groups in total. The van der Waals surface area contributed by atoms with E-state index in [0.29, 0.717) is 49.9 Å². The van der Waals surface area contributed by atoms with Crippen molar-refractivity contribution in [3.63, 3.8) is 0 Å². The second-order valence-corrected chi connectivity index (χ2v) is 43.3. The highest BCUT2D eigenvalue weighted by Gasteiger charge is 2.68. The molecule has 2 fully saturated rings. The van der Waals surface area contributed by atoms with Crippen molar-refractivity contribution >= 4 is 51.4 Å². The molecule has 270 valence electrons. The predicted octanol–water partition coefficient (Wildman–Crippen LogP) is 12.5. The Labute approximate surface area is 288 Å². The van der Waals surface area contributed by atoms with Crippen LogP contribution >= 0.6 is 0 Å². The van der Waals surface area contributed by atoms with Crippen LogP contribution in [0, 0.1) is 0 Å². The van der Waals surface area contributed by atoms with Crippen LogP contribution in [0.5, 0.6) is 0 Å². The molecular weight excluding hydrogens is 661 g/mol. The highest BCUT2D eigenvalue weighted by atomic mass is 28.5. The van der Waals surface area contributed by atoms with Crippen molar-refractivity contribution in [3.05, 3.63) is 0 Å². The fourth-order valence-electron chi connectivity index (χ4n) is 7.53. The summed E-state index contributed by atoms with van der Waals surface area (Å²) < 4.78 is 42.0. The molecule has 45 heavy (non-hydrogen) atoms. The molecule has 6 nitrogen and oxygen atoms in total. The van der Waals surface area contributed by atoms with Gasteiger partial charge in [0.25, 0.3) is 0 Å². The van der Waals surface area contributed by atoms with Crippen molar-refractivity contribution in [2.24, 2.45) is 0 Å². The highest BCUT2D eigenvalue weighted by Crippen LogP contribution is 2.54. The molecule has 0 aromatic heterocycles. The van der Waals surface area contributed by atoms with Gasteiger partial charge in [0.1, 0.15) is 0 Å². The Morgan fingerprint density at radius 1 is 0.267 bits per heavy atom. The summed E-state index contributed by atoms with van der Waals surface area (Å²) in [4.78, 5) is 0. The second-order valence-electron chi connectivity index (χ2n) is 16.7. The van der Waals surface area contributed by atoms with Crippen molar-refractivity contribution in [2.45, 2.75) is 213 Å². The van der Waals surface area contributed by atoms with Gasteiger partial charge in [-0.25, -0.2) is 0 Å². The summed E-state index contributed by atoms with van der Waals surface area (Å²) >= 11 is 0. The van der Waals surface area contributed by atoms with Crippen molar-refractivity contribution in [2.75, 3.05) is 0 Å². The molecule has 12 heteroatoms. The summed E-state index contributed by atoms with van der Waals surface area (Å²) in [6, 6.07) is 3.12. The van der Waals surface area contributed by atoms with Crippen LogP contribution in [0.25, 0.3) is 0 Å². The third-order valence-electron chi connectivity index (χ3n) is 10.9. The van der Waals surface area contributed by atoms with Crippen molar-refractivity contribution in [3.8, 4) is 0 Å². The topological polar surface area (TPSA) is 55.4 Å². The third kappa shape index (κ3) is 8.35. The Kier molecular flexibility index (Phi) is 16.1. The van der Waals surface area contributed by atoms with E-state index in [9.17, 15) is 0 Å². The first-order chi connectivity index (χ1) is 20.4. The zero-order valence-corrected chi connectivity index (χ0v) is 39.8. The van der Waals surface area contributed by atoms with Gasteiger partial charge in [0.2, 0.25) is 0 Å². The number of hydrogen-bond acceptors (Lipinski definition) is 6. The first-order valence-electron chi connectivity index (χ1n) is 18.6. The second kappa shape index (κ2) is 16.4. The molecule has 0 amide bonds. The van der Waals surface area contributed by atoms with E-state index >= 15 is 0 Å². The van der Waals surface area contributed by atoms with Gasteiger partial charge in [0, 0.05) is 0 Å². The predicted molar refractivity (Wildman–Crippen MR) is 208 cm³/mol. The lowest BCUT2D eigenvalue weighted by molar-refractivity contribution is 0.173. The van der Waals surface area contributed by atoms with Gasteiger partial charge in [0.15, 0.2) is 0 Å². The van der Waals surface area contributed by atoms with Gasteiger partial charge in [-0.15, -0.1) is 0 Å². The lowest BCUT2D eigenvalue weighted by atomic mass is 10.5. The average Bonchev–Trinajstić information content (AvgIpc) is 2.95. The van der Waals surface area contributed by atoms with E-state index < -0.39 is 51.4 Å². The van der Waals surface area contributed by atoms with E-state index in [1.54, 1.807) is 0 Å². The summed E-state index contributed by atoms with van der Waals surface area (Å²) in [6.45, 7) is 48.1. The van der Waals surface area contributed by atoms with E-state index in [1.165, 1.54) is 0 Å². The summed E-state index contributed by atoms with van der Waals surface area (Å²) in [5.41, 5.74) is 4.10. The molecule has 2 aliphatic heterocycles. The minimum absolute atomic E-state index is 0.440. The first kappa shape index (κ1) is 44.1. The van der Waals surface area contributed by atoms with Crippen LogP contribution in [0.4, 0.5) is 0 Å². The third-order valence-corrected chi connectivity index (χ3v) is 44.8. The van der Waals surface area contributed by atoms with Gasteiger partial charge >= 0.3 is 51.4 Å². The Morgan fingerprint density at radius 2 is 0.422 bits per heavy atom. The smallest absolute Gasteiger partial charge is 0.325 e. The summed E-state index contributed by atoms with van der Waals surface area (Å²) in [5.74, 6) is 0. The molecule has 0 spiro atoms. The van der Waals surface area contributed by atoms with E-state index in [1.807, 2.05) is 0 Å². The standard InChI is InChI=1S/C18H42O3Si3.C15H36O3Si3/c1-13(2)22(14(3)4)19-23(15(5)6,16(7)8)21-24(20-22,17(9)10)18(11)12;1-10-19(13(4)5)16-20(11-2,14(6)7)18-21(12-3,17-19)15(8)9/h13-18H,1-12H3;13-15H,10-12H2,1-9H3. The summed E-state index contributed by atoms with van der Waals surface area (Å²) in [7, 11) is -13.6. The Hall–Kier alpha value is 1.06. The molecule has 0 unspecified atom stereocenters. The molecule has 0 aromatic rings. The fraction of sp³-hybridized carbons (Fsp3) is 1.00. The maximum Gasteiger partial charge on any atom is 0.325 e. The number of hydrogen-bond donors (Lipinski definition) is 0. The van der Waals surface area contributed by atoms with Crippen LogP contribution in [0.3, 0.4) is 0 Å². The Balaban J connectivity index is 0.000000454. The van der Waals surface area contributed by atoms with Crippen LogP contribution < -0.4 is 0 Å². The lowest BCUT2D eigenvalue weighted by Gasteiger charge is -2.60. The molecule has 0 bridgehead atoms. The average molecular weight is 739 g/mol. The highest BCUT2D eigenvalue weighted by molar-refractivity contribution is 6.97. The Bertz CT molecular complexity index is 752. The molecule has 0 radical (unpaired) electrons. The molecule has 0 atom stereocenters. The maximum atomic E-state index is 7.13. The number of rotatable bonds is 12. The molecule has 0 saturated carbocycles. The van der Waals surface area contributed by atoms with Gasteiger partial charge < -0.3 is 24.7 Å². The van der Waals surface area contributed by atoms with E-state index in [4.69, 9.17) is 24.7 Å². The van der Waals surface area contributed by atoms with Gasteiger partial charge in [0.05, 0.1) is 0 Å². The normalized spacial score (nSPS) is 30.0. The van der Waals surface area contributed by atoms with Gasteiger partial charge in [-0.2, -0.15) is 0 Å². The zero-order valence-electron chi connectivity index (χ0n) is 33.8. The molecule has 0 aliphatic carbocycles. The minimum atomic E-state index is -2.36. The van der Waals surface area contributed by atoms with Crippen LogP contribution in [0.1, 0.15) is 145 Å². The quantitative estimate of drug-likeness (QED) is 0.186. The van der Waals surface area contributed by atoms with Crippen molar-refractivity contribution in [1.29, 1.82) is 0 Å². The lowest BCUT2D eigenvalue weighted by Crippen LogP contribution is -2.75. The molecule has 2 aliphatic rings. The zero-order chi connectivity index (χ0) is 35.6. The fourth-order valence-corrected chi connectivity index (χ4v) is 50.7. The van der Waals surface area contributed by atoms with E-state index in [0.717, 1.165) is 18.1 Å². The largest absolute Gasteiger partial charge is 0.415 e. The summed E-state index contributed by atoms with van der Waals surface area (Å²) in [5, 5.41) is 0. The molecular formula is C33H78O6Si6. The first-order valence-corrected chi connectivity index (χ1v) is 30.8. The van der Waals surface area contributed by atoms with Crippen molar-refractivity contribution in [1.82, 2.24) is 0 Å². The SMILES string of the molecule is CC(C)[Si]1(C(C)C)O[Si](C(C)C)(C(C)C)O[Si](C(C)C)(C(C)C)O1.CC[Si]1(C(C)C)O[Si](CC)(C(C)C)O[Si](CC)(C(C)C)O1. The maximum absolute atomic E-state index is 7.13. The van der Waals surface area contributed by atoms with Crippen LogP contribution in [0.15, 0.2) is 0 Å². The Morgan fingerprint density at radius 3 is 0.511 bits per heavy atom. The molecule has 0 aromatic carbocycles. The van der Waals surface area contributed by atoms with Crippen LogP contribution in [-0.2, 0) is 24.7 Å². The van der Waals surface area contributed by atoms with Crippen LogP contribution in [-0.4, -0.2) is 51.4 Å². The van der Waals surface area contributed by atoms with Gasteiger partial charge in [-0.05, 0) is 68.0 Å². The minimum Gasteiger partial charge on any atom is -0.415 e. The van der Waals surface area contributed by atoms with Crippen LogP contribution in [0.2, 0.25) is 68.0 Å². The summed E-state index contributed by atoms with van der Waals surface area (Å²) in [6.07, 6.45) is 0. The van der Waals surface area contributed by atoms with Crippen molar-refractivity contribution < 1.29 is 24.7 Å². The molecule has 2 rings (SSSR count). The van der Waals surface area contributed by atoms with E-state index in [2.05, 4.69) is 145 Å². The monoisotopic (exact) mass is 738 g/mol. The molecule has 2 saturated heterocycles. The van der Waals surface area contributed by atoms with Gasteiger partial charge in [-0.1, -0.05) is 145 Å². The van der Waals surface area contributed by atoms with E-state index in [-0.39, 0.29) is 0 Å². The van der Waals surface area contributed by atoms with Gasteiger partial charge in [-0.3, -0.25) is 0 Å². The molecule has 2 heterocycles.